The summed E-state index contributed by atoms with van der Waals surface area (Å²) in [6, 6.07) is 20.9. The van der Waals surface area contributed by atoms with Crippen molar-refractivity contribution in [2.24, 2.45) is 5.92 Å². The summed E-state index contributed by atoms with van der Waals surface area (Å²) >= 11 is 7.59. The molecule has 4 aromatic rings. The molecule has 1 unspecified atom stereocenters. The standard InChI is InChI=1S/C25H20ClN3O2S/c1-14-6-5-9-19(26)22(14)28-23(30)16-10-11-20-21(12-16)32-25(27-20)29-24(31)18-13-17(18)15-7-3-2-4-8-15/h2-12,17-18H,13H2,1H3,(H,28,30)(H,27,29,31)/t17-,18?/m0/s1. The molecule has 1 aromatic heterocycles. The SMILES string of the molecule is Cc1cccc(Cl)c1NC(=O)c1ccc2nc(NC(=O)C3C[C@H]3c3ccccc3)sc2c1. The highest BCUT2D eigenvalue weighted by atomic mass is 35.5. The Hall–Kier alpha value is -3.22. The lowest BCUT2D eigenvalue weighted by atomic mass is 10.1. The summed E-state index contributed by atoms with van der Waals surface area (Å²) in [6.07, 6.45) is 0.854. The van der Waals surface area contributed by atoms with Gasteiger partial charge in [0.05, 0.1) is 20.9 Å². The lowest BCUT2D eigenvalue weighted by molar-refractivity contribution is -0.117. The average Bonchev–Trinajstić information content (AvgIpc) is 3.50. The molecule has 1 saturated carbocycles. The highest BCUT2D eigenvalue weighted by Crippen LogP contribution is 2.48. The third-order valence-corrected chi connectivity index (χ3v) is 6.94. The van der Waals surface area contributed by atoms with Gasteiger partial charge in [0.1, 0.15) is 0 Å². The molecule has 1 aliphatic rings. The van der Waals surface area contributed by atoms with E-state index in [0.29, 0.717) is 21.4 Å². The molecular formula is C25H20ClN3O2S. The molecule has 5 rings (SSSR count). The van der Waals surface area contributed by atoms with E-state index >= 15 is 0 Å². The van der Waals surface area contributed by atoms with E-state index in [1.807, 2.05) is 37.3 Å². The Bertz CT molecular complexity index is 1320. The Morgan fingerprint density at radius 1 is 1.03 bits per heavy atom. The molecule has 160 valence electrons. The largest absolute Gasteiger partial charge is 0.320 e. The van der Waals surface area contributed by atoms with Crippen LogP contribution in [0, 0.1) is 12.8 Å². The number of hydrogen-bond donors (Lipinski definition) is 2. The second-order valence-corrected chi connectivity index (χ2v) is 9.37. The minimum Gasteiger partial charge on any atom is -0.320 e. The molecular weight excluding hydrogens is 442 g/mol. The topological polar surface area (TPSA) is 71.1 Å². The third-order valence-electron chi connectivity index (χ3n) is 5.70. The van der Waals surface area contributed by atoms with Gasteiger partial charge in [0.25, 0.3) is 5.91 Å². The van der Waals surface area contributed by atoms with Crippen molar-refractivity contribution in [1.82, 2.24) is 4.98 Å². The summed E-state index contributed by atoms with van der Waals surface area (Å²) in [5.74, 6) is -0.00500. The van der Waals surface area contributed by atoms with E-state index < -0.39 is 0 Å². The number of carbonyl (C=O) groups excluding carboxylic acids is 2. The molecule has 1 heterocycles. The fourth-order valence-electron chi connectivity index (χ4n) is 3.85. The van der Waals surface area contributed by atoms with Gasteiger partial charge < -0.3 is 10.6 Å². The number of carbonyl (C=O) groups is 2. The number of para-hydroxylation sites is 1. The van der Waals surface area contributed by atoms with Crippen molar-refractivity contribution in [1.29, 1.82) is 0 Å². The summed E-state index contributed by atoms with van der Waals surface area (Å²) in [5.41, 5.74) is 3.94. The van der Waals surface area contributed by atoms with Gasteiger partial charge in [-0.2, -0.15) is 0 Å². The number of anilines is 2. The van der Waals surface area contributed by atoms with Crippen molar-refractivity contribution in [3.05, 3.63) is 88.4 Å². The van der Waals surface area contributed by atoms with E-state index in [1.165, 1.54) is 16.9 Å². The van der Waals surface area contributed by atoms with Gasteiger partial charge in [-0.15, -0.1) is 0 Å². The number of thiazole rings is 1. The Morgan fingerprint density at radius 2 is 1.84 bits per heavy atom. The zero-order valence-corrected chi connectivity index (χ0v) is 18.8. The number of amides is 2. The Labute approximate surface area is 194 Å². The Balaban J connectivity index is 1.29. The molecule has 3 aromatic carbocycles. The molecule has 32 heavy (non-hydrogen) atoms. The monoisotopic (exact) mass is 461 g/mol. The number of fused-ring (bicyclic) bond motifs is 1. The summed E-state index contributed by atoms with van der Waals surface area (Å²) in [5, 5.41) is 6.87. The fraction of sp³-hybridized carbons (Fsp3) is 0.160. The predicted octanol–water partition coefficient (Wildman–Crippen LogP) is 6.25. The van der Waals surface area contributed by atoms with Crippen LogP contribution in [0.4, 0.5) is 10.8 Å². The van der Waals surface area contributed by atoms with Crippen LogP contribution >= 0.6 is 22.9 Å². The number of aromatic nitrogens is 1. The van der Waals surface area contributed by atoms with Crippen LogP contribution in [0.1, 0.15) is 33.8 Å². The first kappa shape index (κ1) is 20.7. The third kappa shape index (κ3) is 4.11. The van der Waals surface area contributed by atoms with E-state index in [-0.39, 0.29) is 23.7 Å². The van der Waals surface area contributed by atoms with Gasteiger partial charge >= 0.3 is 0 Å². The molecule has 0 aliphatic heterocycles. The first-order valence-corrected chi connectivity index (χ1v) is 11.5. The zero-order chi connectivity index (χ0) is 22.2. The second-order valence-electron chi connectivity index (χ2n) is 7.94. The van der Waals surface area contributed by atoms with Crippen molar-refractivity contribution in [2.45, 2.75) is 19.3 Å². The number of rotatable bonds is 5. The normalized spacial score (nSPS) is 17.2. The van der Waals surface area contributed by atoms with Crippen molar-refractivity contribution in [3.63, 3.8) is 0 Å². The zero-order valence-electron chi connectivity index (χ0n) is 17.3. The quantitative estimate of drug-likeness (QED) is 0.369. The molecule has 7 heteroatoms. The number of aryl methyl sites for hydroxylation is 1. The van der Waals surface area contributed by atoms with E-state index in [9.17, 15) is 9.59 Å². The van der Waals surface area contributed by atoms with Crippen molar-refractivity contribution < 1.29 is 9.59 Å². The molecule has 1 aliphatic carbocycles. The van der Waals surface area contributed by atoms with Gasteiger partial charge in [-0.05, 0) is 54.7 Å². The van der Waals surface area contributed by atoms with Crippen LogP contribution in [-0.4, -0.2) is 16.8 Å². The van der Waals surface area contributed by atoms with Crippen LogP contribution in [-0.2, 0) is 4.79 Å². The number of hydrogen-bond acceptors (Lipinski definition) is 4. The molecule has 1 fully saturated rings. The van der Waals surface area contributed by atoms with Gasteiger partial charge in [0.15, 0.2) is 5.13 Å². The molecule has 0 spiro atoms. The highest BCUT2D eigenvalue weighted by Gasteiger charge is 2.44. The average molecular weight is 462 g/mol. The van der Waals surface area contributed by atoms with Crippen LogP contribution in [0.2, 0.25) is 5.02 Å². The molecule has 2 N–H and O–H groups in total. The molecule has 0 saturated heterocycles. The second kappa shape index (κ2) is 8.37. The lowest BCUT2D eigenvalue weighted by Gasteiger charge is -2.10. The number of nitrogens with one attached hydrogen (secondary N) is 2. The molecule has 2 amide bonds. The van der Waals surface area contributed by atoms with Gasteiger partial charge in [-0.3, -0.25) is 9.59 Å². The van der Waals surface area contributed by atoms with Crippen molar-refractivity contribution in [2.75, 3.05) is 10.6 Å². The molecule has 5 nitrogen and oxygen atoms in total. The molecule has 0 radical (unpaired) electrons. The van der Waals surface area contributed by atoms with Gasteiger partial charge in [0, 0.05) is 11.5 Å². The van der Waals surface area contributed by atoms with Crippen molar-refractivity contribution >= 4 is 55.8 Å². The van der Waals surface area contributed by atoms with Crippen LogP contribution < -0.4 is 10.6 Å². The van der Waals surface area contributed by atoms with Gasteiger partial charge in [-0.25, -0.2) is 4.98 Å². The molecule has 0 bridgehead atoms. The van der Waals surface area contributed by atoms with Crippen molar-refractivity contribution in [3.8, 4) is 0 Å². The van der Waals surface area contributed by atoms with E-state index in [1.54, 1.807) is 24.3 Å². The van der Waals surface area contributed by atoms with Crippen LogP contribution in [0.3, 0.4) is 0 Å². The minimum absolute atomic E-state index is 0.00919. The lowest BCUT2D eigenvalue weighted by Crippen LogP contribution is -2.14. The maximum Gasteiger partial charge on any atom is 0.255 e. The Morgan fingerprint density at radius 3 is 2.62 bits per heavy atom. The predicted molar refractivity (Wildman–Crippen MR) is 130 cm³/mol. The van der Waals surface area contributed by atoms with Crippen LogP contribution in [0.15, 0.2) is 66.7 Å². The number of nitrogens with zero attached hydrogens (tertiary/aromatic N) is 1. The number of halogens is 1. The van der Waals surface area contributed by atoms with Gasteiger partial charge in [-0.1, -0.05) is 65.4 Å². The summed E-state index contributed by atoms with van der Waals surface area (Å²) in [7, 11) is 0. The molecule has 2 atom stereocenters. The minimum atomic E-state index is -0.245. The van der Waals surface area contributed by atoms with E-state index in [0.717, 1.165) is 22.2 Å². The summed E-state index contributed by atoms with van der Waals surface area (Å²) in [4.78, 5) is 29.9. The van der Waals surface area contributed by atoms with Crippen LogP contribution in [0.5, 0.6) is 0 Å². The fourth-order valence-corrected chi connectivity index (χ4v) is 5.02. The van der Waals surface area contributed by atoms with Gasteiger partial charge in [0.2, 0.25) is 5.91 Å². The Kier molecular flexibility index (Phi) is 5.41. The smallest absolute Gasteiger partial charge is 0.255 e. The number of benzene rings is 3. The van der Waals surface area contributed by atoms with Crippen LogP contribution in [0.25, 0.3) is 10.2 Å². The summed E-state index contributed by atoms with van der Waals surface area (Å²) < 4.78 is 0.833. The maximum atomic E-state index is 12.8. The summed E-state index contributed by atoms with van der Waals surface area (Å²) in [6.45, 7) is 1.89. The van der Waals surface area contributed by atoms with E-state index in [2.05, 4.69) is 27.8 Å². The first-order chi connectivity index (χ1) is 15.5. The first-order valence-electron chi connectivity index (χ1n) is 10.3. The highest BCUT2D eigenvalue weighted by molar-refractivity contribution is 7.22. The van der Waals surface area contributed by atoms with E-state index in [4.69, 9.17) is 11.6 Å². The maximum absolute atomic E-state index is 12.8.